The van der Waals surface area contributed by atoms with Gasteiger partial charge in [0.2, 0.25) is 0 Å². The van der Waals surface area contributed by atoms with Crippen LogP contribution in [0.1, 0.15) is 46.7 Å². The molecule has 5 heteroatoms. The van der Waals surface area contributed by atoms with Crippen molar-refractivity contribution in [2.45, 2.75) is 51.9 Å². The molecule has 2 unspecified atom stereocenters. The van der Waals surface area contributed by atoms with Gasteiger partial charge in [0.15, 0.2) is 0 Å². The van der Waals surface area contributed by atoms with E-state index in [0.29, 0.717) is 0 Å². The van der Waals surface area contributed by atoms with Crippen LogP contribution in [0.5, 0.6) is 0 Å². The minimum Gasteiger partial charge on any atom is -0.445 e. The Morgan fingerprint density at radius 3 is 2.54 bits per heavy atom. The number of nitrogens with zero attached hydrogens (tertiary/aromatic N) is 1. The number of carbonyl (C=O) groups is 1. The first kappa shape index (κ1) is 23.2. The molecule has 2 N–H and O–H groups in total. The average Bonchev–Trinajstić information content (AvgIpc) is 3.38. The second-order valence-corrected chi connectivity index (χ2v) is 9.58. The molecule has 1 aromatic heterocycles. The maximum Gasteiger partial charge on any atom is 0.407 e. The molecule has 0 aliphatic carbocycles. The van der Waals surface area contributed by atoms with Crippen molar-refractivity contribution in [1.29, 1.82) is 0 Å². The number of likely N-dealkylation sites (tertiary alicyclic amines) is 1. The topological polar surface area (TPSA) is 57.4 Å². The van der Waals surface area contributed by atoms with Crippen LogP contribution in [0.4, 0.5) is 4.79 Å². The quantitative estimate of drug-likeness (QED) is 0.344. The van der Waals surface area contributed by atoms with Gasteiger partial charge in [0, 0.05) is 42.3 Å². The Bertz CT molecular complexity index is 1280. The van der Waals surface area contributed by atoms with E-state index in [9.17, 15) is 4.79 Å². The number of nitrogens with one attached hydrogen (secondary N) is 2. The second-order valence-electron chi connectivity index (χ2n) is 9.58. The average molecular weight is 468 g/mol. The Morgan fingerprint density at radius 2 is 1.77 bits per heavy atom. The molecule has 1 aliphatic heterocycles. The lowest BCUT2D eigenvalue weighted by atomic mass is 9.90. The van der Waals surface area contributed by atoms with E-state index in [2.05, 4.69) is 71.5 Å². The van der Waals surface area contributed by atoms with Gasteiger partial charge < -0.3 is 15.0 Å². The molecule has 1 aliphatic rings. The maximum atomic E-state index is 12.5. The van der Waals surface area contributed by atoms with E-state index in [1.54, 1.807) is 0 Å². The van der Waals surface area contributed by atoms with E-state index in [4.69, 9.17) is 4.74 Å². The molecule has 0 saturated carbocycles. The van der Waals surface area contributed by atoms with Gasteiger partial charge in [-0.15, -0.1) is 0 Å². The van der Waals surface area contributed by atoms with E-state index in [1.165, 1.54) is 33.2 Å². The fourth-order valence-electron chi connectivity index (χ4n) is 5.34. The van der Waals surface area contributed by atoms with Crippen molar-refractivity contribution in [3.05, 3.63) is 107 Å². The van der Waals surface area contributed by atoms with Crippen LogP contribution in [0.15, 0.2) is 79.0 Å². The van der Waals surface area contributed by atoms with Crippen molar-refractivity contribution in [3.63, 3.8) is 0 Å². The zero-order valence-corrected chi connectivity index (χ0v) is 20.5. The van der Waals surface area contributed by atoms with E-state index in [-0.39, 0.29) is 24.8 Å². The molecule has 4 aromatic rings. The highest BCUT2D eigenvalue weighted by Gasteiger charge is 2.31. The van der Waals surface area contributed by atoms with Gasteiger partial charge in [-0.25, -0.2) is 4.79 Å². The SMILES string of the molecule is Cc1cc(C)c2[nH]ccc2c1CN1CCC(NC(=O)OCc2ccccc2)CC1c1ccccc1. The van der Waals surface area contributed by atoms with Crippen LogP contribution in [0.2, 0.25) is 0 Å². The molecule has 1 fully saturated rings. The van der Waals surface area contributed by atoms with Crippen molar-refractivity contribution in [1.82, 2.24) is 15.2 Å². The van der Waals surface area contributed by atoms with Gasteiger partial charge in [-0.3, -0.25) is 4.90 Å². The number of aromatic nitrogens is 1. The summed E-state index contributed by atoms with van der Waals surface area (Å²) in [7, 11) is 0. The lowest BCUT2D eigenvalue weighted by molar-refractivity contribution is 0.101. The number of fused-ring (bicyclic) bond motifs is 1. The highest BCUT2D eigenvalue weighted by Crippen LogP contribution is 2.35. The number of alkyl carbamates (subject to hydrolysis) is 1. The van der Waals surface area contributed by atoms with Crippen molar-refractivity contribution in [2.75, 3.05) is 6.54 Å². The summed E-state index contributed by atoms with van der Waals surface area (Å²) in [5.74, 6) is 0. The predicted octanol–water partition coefficient (Wildman–Crippen LogP) is 6.42. The number of benzene rings is 3. The van der Waals surface area contributed by atoms with E-state index >= 15 is 0 Å². The third-order valence-electron chi connectivity index (χ3n) is 7.17. The smallest absolute Gasteiger partial charge is 0.407 e. The molecule has 180 valence electrons. The van der Waals surface area contributed by atoms with Crippen LogP contribution >= 0.6 is 0 Å². The number of H-pyrrole nitrogens is 1. The summed E-state index contributed by atoms with van der Waals surface area (Å²) in [5.41, 5.74) is 7.48. The number of hydrogen-bond donors (Lipinski definition) is 2. The molecule has 0 radical (unpaired) electrons. The largest absolute Gasteiger partial charge is 0.445 e. The number of aryl methyl sites for hydroxylation is 2. The number of ether oxygens (including phenoxy) is 1. The monoisotopic (exact) mass is 467 g/mol. The standard InChI is InChI=1S/C30H33N3O2/c1-21-17-22(2)29-26(13-15-31-29)27(21)19-33-16-14-25(18-28(33)24-11-7-4-8-12-24)32-30(34)35-20-23-9-5-3-6-10-23/h3-13,15,17,25,28,31H,14,16,18-20H2,1-2H3,(H,32,34). The number of rotatable bonds is 6. The molecule has 1 saturated heterocycles. The number of aromatic amines is 1. The van der Waals surface area contributed by atoms with E-state index in [0.717, 1.165) is 31.5 Å². The molecule has 0 spiro atoms. The van der Waals surface area contributed by atoms with Crippen LogP contribution in [0.3, 0.4) is 0 Å². The summed E-state index contributed by atoms with van der Waals surface area (Å²) in [6.45, 7) is 6.44. The molecule has 2 heterocycles. The fourth-order valence-corrected chi connectivity index (χ4v) is 5.34. The van der Waals surface area contributed by atoms with Gasteiger partial charge in [-0.05, 0) is 60.6 Å². The minimum absolute atomic E-state index is 0.0751. The van der Waals surface area contributed by atoms with E-state index in [1.807, 2.05) is 36.5 Å². The Labute approximate surface area is 207 Å². The zero-order chi connectivity index (χ0) is 24.2. The van der Waals surface area contributed by atoms with Crippen LogP contribution in [-0.4, -0.2) is 28.6 Å². The number of amides is 1. The van der Waals surface area contributed by atoms with Crippen LogP contribution < -0.4 is 5.32 Å². The summed E-state index contributed by atoms with van der Waals surface area (Å²) < 4.78 is 5.49. The maximum absolute atomic E-state index is 12.5. The number of piperidine rings is 1. The van der Waals surface area contributed by atoms with Gasteiger partial charge in [0.25, 0.3) is 0 Å². The third-order valence-corrected chi connectivity index (χ3v) is 7.17. The number of carbonyl (C=O) groups excluding carboxylic acids is 1. The van der Waals surface area contributed by atoms with Gasteiger partial charge >= 0.3 is 6.09 Å². The van der Waals surface area contributed by atoms with Crippen LogP contribution in [-0.2, 0) is 17.9 Å². The number of hydrogen-bond acceptors (Lipinski definition) is 3. The Morgan fingerprint density at radius 1 is 1.03 bits per heavy atom. The zero-order valence-electron chi connectivity index (χ0n) is 20.5. The van der Waals surface area contributed by atoms with Crippen molar-refractivity contribution in [2.24, 2.45) is 0 Å². The molecule has 5 nitrogen and oxygen atoms in total. The molecule has 2 atom stereocenters. The Hall–Kier alpha value is -3.57. The van der Waals surface area contributed by atoms with Gasteiger partial charge in [-0.2, -0.15) is 0 Å². The van der Waals surface area contributed by atoms with Crippen LogP contribution in [0.25, 0.3) is 10.9 Å². The third kappa shape index (κ3) is 5.25. The molecule has 35 heavy (non-hydrogen) atoms. The van der Waals surface area contributed by atoms with Crippen molar-refractivity contribution in [3.8, 4) is 0 Å². The fraction of sp³-hybridized carbons (Fsp3) is 0.300. The molecular weight excluding hydrogens is 434 g/mol. The molecule has 3 aromatic carbocycles. The Balaban J connectivity index is 1.31. The van der Waals surface area contributed by atoms with Gasteiger partial charge in [0.1, 0.15) is 6.61 Å². The lowest BCUT2D eigenvalue weighted by Gasteiger charge is -2.40. The molecule has 0 bridgehead atoms. The Kier molecular flexibility index (Phi) is 6.87. The molecule has 1 amide bonds. The van der Waals surface area contributed by atoms with Gasteiger partial charge in [0.05, 0.1) is 0 Å². The van der Waals surface area contributed by atoms with Gasteiger partial charge in [-0.1, -0.05) is 66.7 Å². The first-order chi connectivity index (χ1) is 17.1. The van der Waals surface area contributed by atoms with Crippen molar-refractivity contribution >= 4 is 17.0 Å². The first-order valence-electron chi connectivity index (χ1n) is 12.4. The molecular formula is C30H33N3O2. The second kappa shape index (κ2) is 10.4. The summed E-state index contributed by atoms with van der Waals surface area (Å²) in [6.07, 6.45) is 3.44. The first-order valence-corrected chi connectivity index (χ1v) is 12.4. The summed E-state index contributed by atoms with van der Waals surface area (Å²) in [4.78, 5) is 18.5. The van der Waals surface area contributed by atoms with Crippen LogP contribution in [0, 0.1) is 13.8 Å². The summed E-state index contributed by atoms with van der Waals surface area (Å²) >= 11 is 0. The predicted molar refractivity (Wildman–Crippen MR) is 140 cm³/mol. The normalized spacial score (nSPS) is 18.5. The minimum atomic E-state index is -0.345. The molecule has 5 rings (SSSR count). The highest BCUT2D eigenvalue weighted by molar-refractivity contribution is 5.87. The lowest BCUT2D eigenvalue weighted by Crippen LogP contribution is -2.46. The van der Waals surface area contributed by atoms with E-state index < -0.39 is 0 Å². The van der Waals surface area contributed by atoms with Crippen molar-refractivity contribution < 1.29 is 9.53 Å². The summed E-state index contributed by atoms with van der Waals surface area (Å²) in [6, 6.07) is 25.2. The summed E-state index contributed by atoms with van der Waals surface area (Å²) in [5, 5.41) is 4.43. The highest BCUT2D eigenvalue weighted by atomic mass is 16.5.